The summed E-state index contributed by atoms with van der Waals surface area (Å²) in [5.74, 6) is -0.265. The number of amides is 2. The lowest BCUT2D eigenvalue weighted by molar-refractivity contribution is -0.123. The van der Waals surface area contributed by atoms with E-state index in [1.807, 2.05) is 0 Å². The molecule has 5 nitrogen and oxygen atoms in total. The minimum absolute atomic E-state index is 0.265. The van der Waals surface area contributed by atoms with Crippen LogP contribution in [-0.2, 0) is 9.53 Å². The van der Waals surface area contributed by atoms with Crippen molar-refractivity contribution in [2.75, 3.05) is 6.54 Å². The van der Waals surface area contributed by atoms with Crippen LogP contribution in [0.4, 0.5) is 4.79 Å². The van der Waals surface area contributed by atoms with Crippen molar-refractivity contribution in [1.82, 2.24) is 5.32 Å². The van der Waals surface area contributed by atoms with Crippen molar-refractivity contribution in [1.29, 1.82) is 0 Å². The molecule has 0 aromatic rings. The quantitative estimate of drug-likeness (QED) is 0.757. The molecule has 0 atom stereocenters. The highest BCUT2D eigenvalue weighted by Gasteiger charge is 2.47. The van der Waals surface area contributed by atoms with Gasteiger partial charge in [0.05, 0.1) is 5.41 Å². The van der Waals surface area contributed by atoms with Gasteiger partial charge in [-0.1, -0.05) is 0 Å². The van der Waals surface area contributed by atoms with Gasteiger partial charge < -0.3 is 15.8 Å². The minimum Gasteiger partial charge on any atom is -0.444 e. The molecule has 3 N–H and O–H groups in total. The van der Waals surface area contributed by atoms with Gasteiger partial charge in [0.2, 0.25) is 5.91 Å². The average Bonchev–Trinajstić information content (AvgIpc) is 2.81. The van der Waals surface area contributed by atoms with Crippen LogP contribution in [0.15, 0.2) is 0 Å². The Morgan fingerprint density at radius 1 is 1.38 bits per heavy atom. The average molecular weight is 228 g/mol. The van der Waals surface area contributed by atoms with Gasteiger partial charge in [-0.2, -0.15) is 0 Å². The van der Waals surface area contributed by atoms with Gasteiger partial charge in [-0.3, -0.25) is 4.79 Å². The van der Waals surface area contributed by atoms with E-state index < -0.39 is 11.7 Å². The second kappa shape index (κ2) is 4.31. The summed E-state index contributed by atoms with van der Waals surface area (Å²) in [5.41, 5.74) is 4.41. The highest BCUT2D eigenvalue weighted by atomic mass is 16.6. The number of carbonyl (C=O) groups excluding carboxylic acids is 2. The molecule has 1 aliphatic carbocycles. The molecule has 2 amide bonds. The summed E-state index contributed by atoms with van der Waals surface area (Å²) in [6.45, 7) is 5.84. The highest BCUT2D eigenvalue weighted by Crippen LogP contribution is 2.48. The van der Waals surface area contributed by atoms with E-state index in [4.69, 9.17) is 10.5 Å². The summed E-state index contributed by atoms with van der Waals surface area (Å²) >= 11 is 0. The van der Waals surface area contributed by atoms with E-state index in [1.54, 1.807) is 20.8 Å². The van der Waals surface area contributed by atoms with E-state index in [-0.39, 0.29) is 11.3 Å². The monoisotopic (exact) mass is 228 g/mol. The number of hydrogen-bond acceptors (Lipinski definition) is 3. The minimum atomic E-state index is -0.495. The lowest BCUT2D eigenvalue weighted by Crippen LogP contribution is -2.35. The first kappa shape index (κ1) is 12.8. The third-order valence-electron chi connectivity index (χ3n) is 2.65. The zero-order valence-electron chi connectivity index (χ0n) is 10.1. The first-order chi connectivity index (χ1) is 7.25. The summed E-state index contributed by atoms with van der Waals surface area (Å²) in [4.78, 5) is 22.4. The van der Waals surface area contributed by atoms with Crippen LogP contribution >= 0.6 is 0 Å². The molecule has 16 heavy (non-hydrogen) atoms. The summed E-state index contributed by atoms with van der Waals surface area (Å²) in [6.07, 6.45) is 1.81. The number of carbonyl (C=O) groups is 2. The number of primary amides is 1. The van der Waals surface area contributed by atoms with Crippen LogP contribution < -0.4 is 11.1 Å². The molecule has 5 heteroatoms. The van der Waals surface area contributed by atoms with Gasteiger partial charge in [0.1, 0.15) is 5.60 Å². The molecule has 0 spiro atoms. The Balaban J connectivity index is 2.21. The Labute approximate surface area is 95.7 Å². The summed E-state index contributed by atoms with van der Waals surface area (Å²) < 4.78 is 5.07. The molecule has 0 aliphatic heterocycles. The van der Waals surface area contributed by atoms with E-state index in [0.717, 1.165) is 12.8 Å². The van der Waals surface area contributed by atoms with Gasteiger partial charge in [-0.05, 0) is 40.0 Å². The maximum Gasteiger partial charge on any atom is 0.407 e. The summed E-state index contributed by atoms with van der Waals surface area (Å²) in [7, 11) is 0. The predicted octanol–water partition coefficient (Wildman–Crippen LogP) is 1.17. The van der Waals surface area contributed by atoms with Crippen molar-refractivity contribution in [2.24, 2.45) is 11.1 Å². The smallest absolute Gasteiger partial charge is 0.407 e. The van der Waals surface area contributed by atoms with Crippen LogP contribution in [0, 0.1) is 5.41 Å². The fourth-order valence-corrected chi connectivity index (χ4v) is 1.49. The van der Waals surface area contributed by atoms with Crippen LogP contribution in [0.3, 0.4) is 0 Å². The Morgan fingerprint density at radius 2 is 1.94 bits per heavy atom. The maximum absolute atomic E-state index is 11.3. The van der Waals surface area contributed by atoms with Crippen LogP contribution in [-0.4, -0.2) is 24.1 Å². The van der Waals surface area contributed by atoms with E-state index in [0.29, 0.717) is 13.0 Å². The second-order valence-corrected chi connectivity index (χ2v) is 5.32. The van der Waals surface area contributed by atoms with Gasteiger partial charge in [0, 0.05) is 6.54 Å². The third-order valence-corrected chi connectivity index (χ3v) is 2.65. The lowest BCUT2D eigenvalue weighted by atomic mass is 10.0. The molecule has 0 radical (unpaired) electrons. The number of ether oxygens (including phenoxy) is 1. The van der Waals surface area contributed by atoms with Crippen LogP contribution in [0.25, 0.3) is 0 Å². The fraction of sp³-hybridized carbons (Fsp3) is 0.818. The molecule has 0 saturated heterocycles. The van der Waals surface area contributed by atoms with Gasteiger partial charge in [0.25, 0.3) is 0 Å². The SMILES string of the molecule is CC(C)(C)OC(=O)NCCC1(C(N)=O)CC1. The summed E-state index contributed by atoms with van der Waals surface area (Å²) in [5, 5.41) is 2.62. The first-order valence-corrected chi connectivity index (χ1v) is 5.52. The number of alkyl carbamates (subject to hydrolysis) is 1. The normalized spacial score (nSPS) is 17.7. The van der Waals surface area contributed by atoms with Crippen molar-refractivity contribution < 1.29 is 14.3 Å². The van der Waals surface area contributed by atoms with Crippen molar-refractivity contribution >= 4 is 12.0 Å². The molecule has 0 heterocycles. The Bertz CT molecular complexity index is 290. The van der Waals surface area contributed by atoms with E-state index >= 15 is 0 Å². The van der Waals surface area contributed by atoms with E-state index in [1.165, 1.54) is 0 Å². The molecule has 0 aromatic carbocycles. The molecule has 1 fully saturated rings. The second-order valence-electron chi connectivity index (χ2n) is 5.32. The Hall–Kier alpha value is -1.26. The number of nitrogens with one attached hydrogen (secondary N) is 1. The van der Waals surface area contributed by atoms with Crippen LogP contribution in [0.5, 0.6) is 0 Å². The van der Waals surface area contributed by atoms with E-state index in [2.05, 4.69) is 5.32 Å². The van der Waals surface area contributed by atoms with E-state index in [9.17, 15) is 9.59 Å². The van der Waals surface area contributed by atoms with Crippen LogP contribution in [0.1, 0.15) is 40.0 Å². The third kappa shape index (κ3) is 3.72. The molecule has 1 aliphatic rings. The largest absolute Gasteiger partial charge is 0.444 e. The van der Waals surface area contributed by atoms with Gasteiger partial charge in [-0.15, -0.1) is 0 Å². The van der Waals surface area contributed by atoms with Crippen molar-refractivity contribution in [2.45, 2.75) is 45.6 Å². The molecule has 1 saturated carbocycles. The topological polar surface area (TPSA) is 81.4 Å². The summed E-state index contributed by atoms with van der Waals surface area (Å²) in [6, 6.07) is 0. The lowest BCUT2D eigenvalue weighted by Gasteiger charge is -2.20. The zero-order chi connectivity index (χ0) is 12.4. The fourth-order valence-electron chi connectivity index (χ4n) is 1.49. The Kier molecular flexibility index (Phi) is 3.45. The van der Waals surface area contributed by atoms with Crippen molar-refractivity contribution in [3.63, 3.8) is 0 Å². The number of rotatable bonds is 4. The maximum atomic E-state index is 11.3. The zero-order valence-corrected chi connectivity index (χ0v) is 10.1. The van der Waals surface area contributed by atoms with Gasteiger partial charge >= 0.3 is 6.09 Å². The number of nitrogens with two attached hydrogens (primary N) is 1. The van der Waals surface area contributed by atoms with Crippen LogP contribution in [0.2, 0.25) is 0 Å². The predicted molar refractivity (Wildman–Crippen MR) is 59.7 cm³/mol. The molecule has 0 bridgehead atoms. The van der Waals surface area contributed by atoms with Crippen molar-refractivity contribution in [3.05, 3.63) is 0 Å². The standard InChI is InChI=1S/C11H20N2O3/c1-10(2,3)16-9(15)13-7-6-11(4-5-11)8(12)14/h4-7H2,1-3H3,(H2,12,14)(H,13,15). The Morgan fingerprint density at radius 3 is 2.31 bits per heavy atom. The molecule has 92 valence electrons. The highest BCUT2D eigenvalue weighted by molar-refractivity contribution is 5.83. The van der Waals surface area contributed by atoms with Gasteiger partial charge in [0.15, 0.2) is 0 Å². The number of hydrogen-bond donors (Lipinski definition) is 2. The molecular weight excluding hydrogens is 208 g/mol. The van der Waals surface area contributed by atoms with Gasteiger partial charge in [-0.25, -0.2) is 4.79 Å². The molecule has 0 aromatic heterocycles. The van der Waals surface area contributed by atoms with Crippen molar-refractivity contribution in [3.8, 4) is 0 Å². The first-order valence-electron chi connectivity index (χ1n) is 5.52. The molecule has 0 unspecified atom stereocenters. The molecule has 1 rings (SSSR count). The molecular formula is C11H20N2O3.